The van der Waals surface area contributed by atoms with E-state index in [1.54, 1.807) is 18.2 Å². The summed E-state index contributed by atoms with van der Waals surface area (Å²) < 4.78 is 23.6. The number of hydrogen-bond donors (Lipinski definition) is 2. The second kappa shape index (κ2) is 7.65. The largest absolute Gasteiger partial charge is 0.486 e. The summed E-state index contributed by atoms with van der Waals surface area (Å²) in [7, 11) is 0. The van der Waals surface area contributed by atoms with Gasteiger partial charge in [-0.15, -0.1) is 0 Å². The van der Waals surface area contributed by atoms with Gasteiger partial charge in [-0.1, -0.05) is 0 Å². The quantitative estimate of drug-likeness (QED) is 0.622. The Hall–Kier alpha value is -3.09. The molecule has 0 atom stereocenters. The van der Waals surface area contributed by atoms with Crippen LogP contribution in [0, 0.1) is 5.82 Å². The van der Waals surface area contributed by atoms with Crippen molar-refractivity contribution < 1.29 is 23.5 Å². The SMILES string of the molecule is O=C(CCC(=O)c1ccc2c(c1)OCCO2)NNc1ccc(F)cc1. The van der Waals surface area contributed by atoms with Gasteiger partial charge in [0.1, 0.15) is 19.0 Å². The van der Waals surface area contributed by atoms with Gasteiger partial charge in [-0.25, -0.2) is 4.39 Å². The highest BCUT2D eigenvalue weighted by Crippen LogP contribution is 2.31. The van der Waals surface area contributed by atoms with Crippen molar-refractivity contribution >= 4 is 17.4 Å². The molecule has 0 spiro atoms. The second-order valence-corrected chi connectivity index (χ2v) is 5.46. The van der Waals surface area contributed by atoms with Gasteiger partial charge in [0.15, 0.2) is 17.3 Å². The van der Waals surface area contributed by atoms with Crippen LogP contribution in [-0.2, 0) is 4.79 Å². The van der Waals surface area contributed by atoms with E-state index in [9.17, 15) is 14.0 Å². The third-order valence-electron chi connectivity index (χ3n) is 3.63. The summed E-state index contributed by atoms with van der Waals surface area (Å²) >= 11 is 0. The highest BCUT2D eigenvalue weighted by atomic mass is 19.1. The van der Waals surface area contributed by atoms with Crippen molar-refractivity contribution in [2.75, 3.05) is 18.6 Å². The zero-order valence-corrected chi connectivity index (χ0v) is 13.4. The fourth-order valence-electron chi connectivity index (χ4n) is 2.33. The first-order valence-corrected chi connectivity index (χ1v) is 7.85. The lowest BCUT2D eigenvalue weighted by molar-refractivity contribution is -0.120. The van der Waals surface area contributed by atoms with E-state index in [-0.39, 0.29) is 30.3 Å². The Morgan fingerprint density at radius 2 is 1.68 bits per heavy atom. The number of nitrogens with one attached hydrogen (secondary N) is 2. The molecule has 2 N–H and O–H groups in total. The first kappa shape index (κ1) is 16.8. The summed E-state index contributed by atoms with van der Waals surface area (Å²) in [4.78, 5) is 24.0. The Kier molecular flexibility index (Phi) is 5.13. The molecule has 1 heterocycles. The van der Waals surface area contributed by atoms with E-state index in [0.29, 0.717) is 36.0 Å². The van der Waals surface area contributed by atoms with E-state index in [2.05, 4.69) is 10.9 Å². The topological polar surface area (TPSA) is 76.7 Å². The van der Waals surface area contributed by atoms with Gasteiger partial charge in [0.25, 0.3) is 0 Å². The van der Waals surface area contributed by atoms with Crippen molar-refractivity contribution in [1.29, 1.82) is 0 Å². The Morgan fingerprint density at radius 1 is 0.960 bits per heavy atom. The monoisotopic (exact) mass is 344 g/mol. The third-order valence-corrected chi connectivity index (χ3v) is 3.63. The molecule has 6 nitrogen and oxygen atoms in total. The Balaban J connectivity index is 1.48. The summed E-state index contributed by atoms with van der Waals surface area (Å²) in [6.07, 6.45) is 0.0953. The molecule has 130 valence electrons. The smallest absolute Gasteiger partial charge is 0.238 e. The maximum atomic E-state index is 12.8. The van der Waals surface area contributed by atoms with Crippen LogP contribution in [-0.4, -0.2) is 24.9 Å². The van der Waals surface area contributed by atoms with Gasteiger partial charge in [-0.05, 0) is 42.5 Å². The molecule has 1 amide bonds. The highest BCUT2D eigenvalue weighted by Gasteiger charge is 2.15. The Morgan fingerprint density at radius 3 is 2.44 bits per heavy atom. The average Bonchev–Trinajstić information content (AvgIpc) is 2.65. The number of carbonyl (C=O) groups excluding carboxylic acids is 2. The molecule has 7 heteroatoms. The fourth-order valence-corrected chi connectivity index (χ4v) is 2.33. The van der Waals surface area contributed by atoms with Gasteiger partial charge >= 0.3 is 0 Å². The molecule has 0 bridgehead atoms. The zero-order chi connectivity index (χ0) is 17.6. The summed E-state index contributed by atoms with van der Waals surface area (Å²) in [6, 6.07) is 10.5. The average molecular weight is 344 g/mol. The maximum Gasteiger partial charge on any atom is 0.238 e. The number of anilines is 1. The number of Topliss-reactive ketones (excluding diaryl/α,β-unsaturated/α-hetero) is 1. The van der Waals surface area contributed by atoms with E-state index >= 15 is 0 Å². The van der Waals surface area contributed by atoms with Crippen LogP contribution in [0.2, 0.25) is 0 Å². The molecule has 2 aromatic carbocycles. The number of ketones is 1. The third kappa shape index (κ3) is 4.47. The van der Waals surface area contributed by atoms with Crippen molar-refractivity contribution in [3.63, 3.8) is 0 Å². The van der Waals surface area contributed by atoms with E-state index < -0.39 is 0 Å². The molecule has 1 aliphatic rings. The predicted molar refractivity (Wildman–Crippen MR) is 89.2 cm³/mol. The molecule has 0 radical (unpaired) electrons. The van der Waals surface area contributed by atoms with Crippen molar-refractivity contribution in [3.05, 3.63) is 53.8 Å². The van der Waals surface area contributed by atoms with Crippen molar-refractivity contribution in [3.8, 4) is 11.5 Å². The first-order valence-electron chi connectivity index (χ1n) is 7.85. The minimum absolute atomic E-state index is 0.0292. The van der Waals surface area contributed by atoms with Crippen molar-refractivity contribution in [2.45, 2.75) is 12.8 Å². The lowest BCUT2D eigenvalue weighted by Gasteiger charge is -2.18. The minimum atomic E-state index is -0.359. The van der Waals surface area contributed by atoms with E-state index in [4.69, 9.17) is 9.47 Å². The summed E-state index contributed by atoms with van der Waals surface area (Å²) in [5.74, 6) is 0.301. The number of benzene rings is 2. The van der Waals surface area contributed by atoms with Crippen molar-refractivity contribution in [1.82, 2.24) is 5.43 Å². The fraction of sp³-hybridized carbons (Fsp3) is 0.222. The molecule has 25 heavy (non-hydrogen) atoms. The van der Waals surface area contributed by atoms with Crippen LogP contribution >= 0.6 is 0 Å². The standard InChI is InChI=1S/C18H17FN2O4/c19-13-2-4-14(5-3-13)20-21-18(23)8-6-15(22)12-1-7-16-17(11-12)25-10-9-24-16/h1-5,7,11,20H,6,8-10H2,(H,21,23). The number of hydrogen-bond acceptors (Lipinski definition) is 5. The first-order chi connectivity index (χ1) is 12.1. The van der Waals surface area contributed by atoms with Gasteiger partial charge in [-0.2, -0.15) is 0 Å². The highest BCUT2D eigenvalue weighted by molar-refractivity contribution is 5.98. The summed E-state index contributed by atoms with van der Waals surface area (Å²) in [6.45, 7) is 0.934. The van der Waals surface area contributed by atoms with Crippen LogP contribution in [0.15, 0.2) is 42.5 Å². The van der Waals surface area contributed by atoms with Gasteiger partial charge in [0, 0.05) is 18.4 Å². The van der Waals surface area contributed by atoms with Crippen LogP contribution in [0.3, 0.4) is 0 Å². The predicted octanol–water partition coefficient (Wildman–Crippen LogP) is 2.70. The second-order valence-electron chi connectivity index (χ2n) is 5.46. The van der Waals surface area contributed by atoms with Gasteiger partial charge in [-0.3, -0.25) is 20.4 Å². The number of carbonyl (C=O) groups is 2. The normalized spacial score (nSPS) is 12.4. The minimum Gasteiger partial charge on any atom is -0.486 e. The lowest BCUT2D eigenvalue weighted by Crippen LogP contribution is -2.29. The molecule has 1 aliphatic heterocycles. The number of fused-ring (bicyclic) bond motifs is 1. The molecule has 3 rings (SSSR count). The number of halogens is 1. The zero-order valence-electron chi connectivity index (χ0n) is 13.4. The van der Waals surface area contributed by atoms with Crippen LogP contribution in [0.5, 0.6) is 11.5 Å². The number of ether oxygens (including phenoxy) is 2. The van der Waals surface area contributed by atoms with Crippen LogP contribution in [0.25, 0.3) is 0 Å². The number of amides is 1. The van der Waals surface area contributed by atoms with Crippen molar-refractivity contribution in [2.24, 2.45) is 0 Å². The molecule has 2 aromatic rings. The molecule has 0 fully saturated rings. The van der Waals surface area contributed by atoms with E-state index in [1.165, 1.54) is 24.3 Å². The van der Waals surface area contributed by atoms with Gasteiger partial charge in [0.2, 0.25) is 5.91 Å². The molecule has 0 aliphatic carbocycles. The molecule has 0 saturated carbocycles. The van der Waals surface area contributed by atoms with Crippen LogP contribution in [0.1, 0.15) is 23.2 Å². The maximum absolute atomic E-state index is 12.8. The summed E-state index contributed by atoms with van der Waals surface area (Å²) in [5, 5.41) is 0. The number of rotatable bonds is 6. The van der Waals surface area contributed by atoms with E-state index in [1.807, 2.05) is 0 Å². The van der Waals surface area contributed by atoms with Crippen LogP contribution in [0.4, 0.5) is 10.1 Å². The lowest BCUT2D eigenvalue weighted by atomic mass is 10.1. The molecular weight excluding hydrogens is 327 g/mol. The number of hydrazine groups is 1. The van der Waals surface area contributed by atoms with Gasteiger partial charge < -0.3 is 9.47 Å². The molecule has 0 saturated heterocycles. The molecule has 0 aromatic heterocycles. The Bertz CT molecular complexity index is 777. The Labute approximate surface area is 143 Å². The molecule has 0 unspecified atom stereocenters. The van der Waals surface area contributed by atoms with Gasteiger partial charge in [0.05, 0.1) is 5.69 Å². The molecular formula is C18H17FN2O4. The summed E-state index contributed by atoms with van der Waals surface area (Å²) in [5.41, 5.74) is 6.15. The van der Waals surface area contributed by atoms with Crippen LogP contribution < -0.4 is 20.3 Å². The van der Waals surface area contributed by atoms with E-state index in [0.717, 1.165) is 0 Å².